The molecular formula is C17H20N2O2S. The summed E-state index contributed by atoms with van der Waals surface area (Å²) in [5.41, 5.74) is 1.63. The van der Waals surface area contributed by atoms with Gasteiger partial charge in [-0.2, -0.15) is 9.57 Å². The molecule has 0 aliphatic carbocycles. The lowest BCUT2D eigenvalue weighted by molar-refractivity contribution is 0.467. The second-order valence-electron chi connectivity index (χ2n) is 5.50. The zero-order valence-corrected chi connectivity index (χ0v) is 13.7. The Morgan fingerprint density at radius 2 is 2.00 bits per heavy atom. The van der Waals surface area contributed by atoms with Crippen molar-refractivity contribution in [3.63, 3.8) is 0 Å². The molecular weight excluding hydrogens is 296 g/mol. The molecule has 1 aliphatic heterocycles. The van der Waals surface area contributed by atoms with Crippen LogP contribution in [-0.2, 0) is 10.0 Å². The van der Waals surface area contributed by atoms with Gasteiger partial charge in [-0.25, -0.2) is 8.42 Å². The number of hydrogen-bond acceptors (Lipinski definition) is 3. The van der Waals surface area contributed by atoms with Crippen LogP contribution in [0.1, 0.15) is 12.5 Å². The molecule has 1 aromatic carbocycles. The van der Waals surface area contributed by atoms with Gasteiger partial charge in [0.05, 0.1) is 11.0 Å². The lowest BCUT2D eigenvalue weighted by Crippen LogP contribution is -2.29. The van der Waals surface area contributed by atoms with E-state index in [0.717, 1.165) is 5.56 Å². The second-order valence-corrected chi connectivity index (χ2v) is 7.43. The molecule has 22 heavy (non-hydrogen) atoms. The zero-order valence-electron chi connectivity index (χ0n) is 12.9. The Labute approximate surface area is 132 Å². The molecule has 5 heteroatoms. The molecule has 1 fully saturated rings. The fraction of sp³-hybridized carbons (Fsp3) is 0.353. The van der Waals surface area contributed by atoms with Crippen molar-refractivity contribution < 1.29 is 8.42 Å². The number of rotatable bonds is 4. The standard InChI is InChI=1S/C17H20N2O2S/c1-4-14(10-18)17-12-19(11-15(17)5-2)22(20,21)16-8-6-13(3)7-9-16/h4-9,15,17H,2,11-12H2,1,3H3/b14-4-/t15-,17-/m0/s1. The number of nitriles is 1. The summed E-state index contributed by atoms with van der Waals surface area (Å²) >= 11 is 0. The van der Waals surface area contributed by atoms with Gasteiger partial charge < -0.3 is 0 Å². The van der Waals surface area contributed by atoms with Gasteiger partial charge in [-0.15, -0.1) is 6.58 Å². The van der Waals surface area contributed by atoms with E-state index in [2.05, 4.69) is 12.6 Å². The van der Waals surface area contributed by atoms with Crippen LogP contribution in [0.4, 0.5) is 0 Å². The lowest BCUT2D eigenvalue weighted by atomic mass is 9.89. The number of allylic oxidation sites excluding steroid dienone is 1. The van der Waals surface area contributed by atoms with Gasteiger partial charge in [0.1, 0.15) is 0 Å². The molecule has 0 aromatic heterocycles. The van der Waals surface area contributed by atoms with Gasteiger partial charge in [-0.05, 0) is 31.9 Å². The van der Waals surface area contributed by atoms with Crippen molar-refractivity contribution in [1.82, 2.24) is 4.31 Å². The number of hydrogen-bond donors (Lipinski definition) is 0. The molecule has 0 amide bonds. The van der Waals surface area contributed by atoms with Gasteiger partial charge in [-0.3, -0.25) is 0 Å². The van der Waals surface area contributed by atoms with Crippen LogP contribution in [0.25, 0.3) is 0 Å². The molecule has 0 unspecified atom stereocenters. The van der Waals surface area contributed by atoms with Crippen molar-refractivity contribution in [3.05, 3.63) is 54.1 Å². The second kappa shape index (κ2) is 6.47. The smallest absolute Gasteiger partial charge is 0.207 e. The topological polar surface area (TPSA) is 61.2 Å². The number of sulfonamides is 1. The van der Waals surface area contributed by atoms with Crippen molar-refractivity contribution in [2.75, 3.05) is 13.1 Å². The molecule has 1 aromatic rings. The fourth-order valence-corrected chi connectivity index (χ4v) is 4.28. The first-order chi connectivity index (χ1) is 10.4. The van der Waals surface area contributed by atoms with Crippen LogP contribution in [0, 0.1) is 30.1 Å². The minimum absolute atomic E-state index is 0.0360. The van der Waals surface area contributed by atoms with Crippen LogP contribution in [-0.4, -0.2) is 25.8 Å². The molecule has 0 radical (unpaired) electrons. The largest absolute Gasteiger partial charge is 0.243 e. The van der Waals surface area contributed by atoms with Gasteiger partial charge in [0.25, 0.3) is 0 Å². The van der Waals surface area contributed by atoms with Crippen molar-refractivity contribution >= 4 is 10.0 Å². The Hall–Kier alpha value is -1.90. The third-order valence-electron chi connectivity index (χ3n) is 4.13. The van der Waals surface area contributed by atoms with Crippen LogP contribution in [0.2, 0.25) is 0 Å². The van der Waals surface area contributed by atoms with E-state index in [4.69, 9.17) is 0 Å². The maximum atomic E-state index is 12.7. The van der Waals surface area contributed by atoms with Crippen molar-refractivity contribution in [1.29, 1.82) is 5.26 Å². The van der Waals surface area contributed by atoms with Crippen LogP contribution >= 0.6 is 0 Å². The molecule has 4 nitrogen and oxygen atoms in total. The van der Waals surface area contributed by atoms with Crippen LogP contribution in [0.15, 0.2) is 53.5 Å². The van der Waals surface area contributed by atoms with Gasteiger partial charge in [-0.1, -0.05) is 29.8 Å². The molecule has 0 spiro atoms. The monoisotopic (exact) mass is 316 g/mol. The van der Waals surface area contributed by atoms with Crippen LogP contribution in [0.5, 0.6) is 0 Å². The summed E-state index contributed by atoms with van der Waals surface area (Å²) in [5.74, 6) is -0.154. The highest BCUT2D eigenvalue weighted by molar-refractivity contribution is 7.89. The normalized spacial score (nSPS) is 23.2. The summed E-state index contributed by atoms with van der Waals surface area (Å²) in [6.45, 7) is 8.19. The van der Waals surface area contributed by atoms with E-state index in [1.54, 1.807) is 43.3 Å². The maximum absolute atomic E-state index is 12.7. The minimum Gasteiger partial charge on any atom is -0.207 e. The van der Waals surface area contributed by atoms with E-state index in [9.17, 15) is 13.7 Å². The Bertz CT molecular complexity index is 727. The minimum atomic E-state index is -3.53. The highest BCUT2D eigenvalue weighted by Crippen LogP contribution is 2.33. The third kappa shape index (κ3) is 2.99. The Kier molecular flexibility index (Phi) is 4.84. The highest BCUT2D eigenvalue weighted by Gasteiger charge is 2.39. The average molecular weight is 316 g/mol. The quantitative estimate of drug-likeness (QED) is 0.634. The predicted molar refractivity (Wildman–Crippen MR) is 86.5 cm³/mol. The molecule has 0 saturated carbocycles. The van der Waals surface area contributed by atoms with Crippen molar-refractivity contribution in [2.24, 2.45) is 11.8 Å². The van der Waals surface area contributed by atoms with Crippen molar-refractivity contribution in [2.45, 2.75) is 18.7 Å². The molecule has 1 saturated heterocycles. The number of nitrogens with zero attached hydrogens (tertiary/aromatic N) is 2. The van der Waals surface area contributed by atoms with Gasteiger partial charge in [0, 0.05) is 24.6 Å². The van der Waals surface area contributed by atoms with Crippen LogP contribution in [0.3, 0.4) is 0 Å². The van der Waals surface area contributed by atoms with Gasteiger partial charge in [0.15, 0.2) is 0 Å². The first kappa shape index (κ1) is 16.5. The van der Waals surface area contributed by atoms with Crippen LogP contribution < -0.4 is 0 Å². The Morgan fingerprint density at radius 1 is 1.36 bits per heavy atom. The maximum Gasteiger partial charge on any atom is 0.243 e. The van der Waals surface area contributed by atoms with Gasteiger partial charge in [0.2, 0.25) is 10.0 Å². The first-order valence-electron chi connectivity index (χ1n) is 7.19. The van der Waals surface area contributed by atoms with E-state index in [1.807, 2.05) is 6.92 Å². The summed E-state index contributed by atoms with van der Waals surface area (Å²) in [6.07, 6.45) is 3.50. The number of benzene rings is 1. The Morgan fingerprint density at radius 3 is 2.50 bits per heavy atom. The molecule has 116 valence electrons. The molecule has 0 bridgehead atoms. The third-order valence-corrected chi connectivity index (χ3v) is 5.98. The molecule has 2 atom stereocenters. The Balaban J connectivity index is 2.32. The highest BCUT2D eigenvalue weighted by atomic mass is 32.2. The number of aryl methyl sites for hydroxylation is 1. The van der Waals surface area contributed by atoms with E-state index in [1.165, 1.54) is 4.31 Å². The van der Waals surface area contributed by atoms with E-state index < -0.39 is 10.0 Å². The first-order valence-corrected chi connectivity index (χ1v) is 8.63. The van der Waals surface area contributed by atoms with Crippen molar-refractivity contribution in [3.8, 4) is 6.07 Å². The summed E-state index contributed by atoms with van der Waals surface area (Å²) in [6, 6.07) is 9.00. The summed E-state index contributed by atoms with van der Waals surface area (Å²) < 4.78 is 26.9. The molecule has 2 rings (SSSR count). The zero-order chi connectivity index (χ0) is 16.3. The SMILES string of the molecule is C=C[C@H]1CN(S(=O)(=O)c2ccc(C)cc2)C[C@H]1/C(C#N)=C\C. The summed E-state index contributed by atoms with van der Waals surface area (Å²) in [4.78, 5) is 0.292. The van der Waals surface area contributed by atoms with E-state index >= 15 is 0 Å². The predicted octanol–water partition coefficient (Wildman–Crippen LogP) is 2.89. The molecule has 1 aliphatic rings. The van der Waals surface area contributed by atoms with Gasteiger partial charge >= 0.3 is 0 Å². The lowest BCUT2D eigenvalue weighted by Gasteiger charge is -2.16. The summed E-state index contributed by atoms with van der Waals surface area (Å²) in [7, 11) is -3.53. The molecule has 1 heterocycles. The van der Waals surface area contributed by atoms with E-state index in [0.29, 0.717) is 23.6 Å². The van der Waals surface area contributed by atoms with E-state index in [-0.39, 0.29) is 11.8 Å². The summed E-state index contributed by atoms with van der Waals surface area (Å²) in [5, 5.41) is 9.22. The molecule has 0 N–H and O–H groups in total. The fourth-order valence-electron chi connectivity index (χ4n) is 2.78. The average Bonchev–Trinajstić information content (AvgIpc) is 2.94.